The molecule has 2 N–H and O–H groups in total. The summed E-state index contributed by atoms with van der Waals surface area (Å²) in [6, 6.07) is 12.2. The molecule has 25 heavy (non-hydrogen) atoms. The predicted molar refractivity (Wildman–Crippen MR) is 102 cm³/mol. The lowest BCUT2D eigenvalue weighted by molar-refractivity contribution is 0.0638. The summed E-state index contributed by atoms with van der Waals surface area (Å²) in [6.07, 6.45) is 1.00. The zero-order chi connectivity index (χ0) is 18.8. The van der Waals surface area contributed by atoms with E-state index in [1.165, 1.54) is 5.56 Å². The number of benzene rings is 2. The van der Waals surface area contributed by atoms with Crippen molar-refractivity contribution < 1.29 is 14.9 Å². The maximum atomic E-state index is 10.6. The fraction of sp³-hybridized carbons (Fsp3) is 0.455. The van der Waals surface area contributed by atoms with Crippen LogP contribution < -0.4 is 4.74 Å². The Morgan fingerprint density at radius 1 is 0.840 bits per heavy atom. The van der Waals surface area contributed by atoms with Crippen LogP contribution in [-0.4, -0.2) is 10.2 Å². The molecule has 0 atom stereocenters. The molecule has 2 aromatic carbocycles. The van der Waals surface area contributed by atoms with Crippen LogP contribution in [0.2, 0.25) is 0 Å². The van der Waals surface area contributed by atoms with Gasteiger partial charge in [-0.25, -0.2) is 0 Å². The summed E-state index contributed by atoms with van der Waals surface area (Å²) in [4.78, 5) is 0. The molecular weight excluding hydrogens is 312 g/mol. The summed E-state index contributed by atoms with van der Waals surface area (Å²) >= 11 is 0. The second-order valence-electron chi connectivity index (χ2n) is 7.77. The Hall–Kier alpha value is -1.84. The molecule has 0 heterocycles. The molecule has 0 aliphatic heterocycles. The van der Waals surface area contributed by atoms with Crippen molar-refractivity contribution >= 4 is 0 Å². The molecule has 0 bridgehead atoms. The zero-order valence-corrected chi connectivity index (χ0v) is 16.2. The number of aryl methyl sites for hydroxylation is 2. The molecule has 0 unspecified atom stereocenters. The third-order valence-electron chi connectivity index (χ3n) is 4.37. The molecule has 0 aliphatic carbocycles. The van der Waals surface area contributed by atoms with E-state index in [4.69, 9.17) is 4.74 Å². The van der Waals surface area contributed by atoms with E-state index in [-0.39, 0.29) is 0 Å². The molecule has 3 nitrogen and oxygen atoms in total. The van der Waals surface area contributed by atoms with Gasteiger partial charge in [-0.2, -0.15) is 0 Å². The quantitative estimate of drug-likeness (QED) is 0.807. The van der Waals surface area contributed by atoms with E-state index in [0.29, 0.717) is 23.5 Å². The van der Waals surface area contributed by atoms with Crippen LogP contribution in [0.5, 0.6) is 5.75 Å². The van der Waals surface area contributed by atoms with Gasteiger partial charge in [0.05, 0.1) is 11.2 Å². The molecule has 0 fully saturated rings. The van der Waals surface area contributed by atoms with E-state index in [0.717, 1.165) is 17.5 Å². The molecule has 0 spiro atoms. The molecule has 0 amide bonds. The lowest BCUT2D eigenvalue weighted by Gasteiger charge is -2.29. The molecule has 2 rings (SSSR count). The van der Waals surface area contributed by atoms with Crippen LogP contribution in [0.3, 0.4) is 0 Å². The van der Waals surface area contributed by atoms with Gasteiger partial charge in [-0.3, -0.25) is 0 Å². The van der Waals surface area contributed by atoms with Gasteiger partial charge in [0.1, 0.15) is 12.4 Å². The molecular formula is C22H30O3. The Labute approximate surface area is 151 Å². The molecule has 3 heteroatoms. The van der Waals surface area contributed by atoms with Gasteiger partial charge in [0, 0.05) is 11.1 Å². The van der Waals surface area contributed by atoms with E-state index in [9.17, 15) is 10.2 Å². The summed E-state index contributed by atoms with van der Waals surface area (Å²) < 4.78 is 6.12. The maximum absolute atomic E-state index is 10.6. The average molecular weight is 342 g/mol. The topological polar surface area (TPSA) is 49.7 Å². The van der Waals surface area contributed by atoms with Crippen LogP contribution >= 0.6 is 0 Å². The summed E-state index contributed by atoms with van der Waals surface area (Å²) in [7, 11) is 0. The first-order chi connectivity index (χ1) is 11.5. The van der Waals surface area contributed by atoms with Crippen LogP contribution in [0.1, 0.15) is 62.4 Å². The number of hydrogen-bond donors (Lipinski definition) is 2. The van der Waals surface area contributed by atoms with Crippen molar-refractivity contribution in [3.63, 3.8) is 0 Å². The molecule has 2 aromatic rings. The first-order valence-corrected chi connectivity index (χ1v) is 8.83. The van der Waals surface area contributed by atoms with Crippen LogP contribution in [-0.2, 0) is 24.2 Å². The Balaban J connectivity index is 2.42. The van der Waals surface area contributed by atoms with Gasteiger partial charge in [0.15, 0.2) is 0 Å². The minimum Gasteiger partial charge on any atom is -0.488 e. The summed E-state index contributed by atoms with van der Waals surface area (Å²) in [5, 5.41) is 21.2. The van der Waals surface area contributed by atoms with E-state index < -0.39 is 11.2 Å². The Kier molecular flexibility index (Phi) is 5.60. The van der Waals surface area contributed by atoms with Crippen molar-refractivity contribution in [2.24, 2.45) is 0 Å². The van der Waals surface area contributed by atoms with Gasteiger partial charge in [-0.15, -0.1) is 0 Å². The first kappa shape index (κ1) is 19.5. The average Bonchev–Trinajstić information content (AvgIpc) is 2.51. The van der Waals surface area contributed by atoms with Gasteiger partial charge in [-0.05, 0) is 64.3 Å². The van der Waals surface area contributed by atoms with Crippen molar-refractivity contribution in [2.75, 3.05) is 0 Å². The molecule has 0 aromatic heterocycles. The molecule has 0 saturated carbocycles. The fourth-order valence-electron chi connectivity index (χ4n) is 2.86. The van der Waals surface area contributed by atoms with E-state index in [1.807, 2.05) is 19.1 Å². The summed E-state index contributed by atoms with van der Waals surface area (Å²) in [5.74, 6) is 0.560. The Bertz CT molecular complexity index is 681. The predicted octanol–water partition coefficient (Wildman–Crippen LogP) is 4.59. The highest BCUT2D eigenvalue weighted by molar-refractivity contribution is 5.49. The van der Waals surface area contributed by atoms with Crippen molar-refractivity contribution in [3.05, 3.63) is 64.2 Å². The SMILES string of the molecule is CCc1ccc(COc2c(C(C)(C)O)cc(C)cc2C(C)(C)O)cc1. The molecule has 136 valence electrons. The first-order valence-electron chi connectivity index (χ1n) is 8.83. The van der Waals surface area contributed by atoms with Crippen molar-refractivity contribution in [3.8, 4) is 5.75 Å². The van der Waals surface area contributed by atoms with E-state index in [1.54, 1.807) is 27.7 Å². The minimum absolute atomic E-state index is 0.388. The molecule has 0 aliphatic rings. The maximum Gasteiger partial charge on any atom is 0.131 e. The Morgan fingerprint density at radius 2 is 1.28 bits per heavy atom. The highest BCUT2D eigenvalue weighted by Crippen LogP contribution is 2.39. The lowest BCUT2D eigenvalue weighted by Crippen LogP contribution is -2.23. The van der Waals surface area contributed by atoms with Crippen molar-refractivity contribution in [1.82, 2.24) is 0 Å². The number of ether oxygens (including phenoxy) is 1. The summed E-state index contributed by atoms with van der Waals surface area (Å²) in [5.41, 5.74) is 2.58. The smallest absolute Gasteiger partial charge is 0.131 e. The van der Waals surface area contributed by atoms with Crippen LogP contribution in [0.15, 0.2) is 36.4 Å². The van der Waals surface area contributed by atoms with Crippen LogP contribution in [0.4, 0.5) is 0 Å². The van der Waals surface area contributed by atoms with Crippen molar-refractivity contribution in [1.29, 1.82) is 0 Å². The number of hydrogen-bond acceptors (Lipinski definition) is 3. The monoisotopic (exact) mass is 342 g/mol. The van der Waals surface area contributed by atoms with Gasteiger partial charge >= 0.3 is 0 Å². The summed E-state index contributed by atoms with van der Waals surface area (Å²) in [6.45, 7) is 11.4. The highest BCUT2D eigenvalue weighted by atomic mass is 16.5. The number of rotatable bonds is 6. The largest absolute Gasteiger partial charge is 0.488 e. The lowest BCUT2D eigenvalue weighted by atomic mass is 9.87. The van der Waals surface area contributed by atoms with E-state index >= 15 is 0 Å². The van der Waals surface area contributed by atoms with Gasteiger partial charge in [0.2, 0.25) is 0 Å². The van der Waals surface area contributed by atoms with Gasteiger partial charge in [0.25, 0.3) is 0 Å². The minimum atomic E-state index is -1.06. The van der Waals surface area contributed by atoms with Gasteiger partial charge in [-0.1, -0.05) is 36.8 Å². The number of aliphatic hydroxyl groups is 2. The standard InChI is InChI=1S/C22H30O3/c1-7-16-8-10-17(11-9-16)14-25-20-18(21(3,4)23)12-15(2)13-19(20)22(5,6)24/h8-13,23-24H,7,14H2,1-6H3. The zero-order valence-electron chi connectivity index (χ0n) is 16.2. The normalized spacial score (nSPS) is 12.3. The molecule has 0 saturated heterocycles. The second kappa shape index (κ2) is 7.19. The molecule has 0 radical (unpaired) electrons. The van der Waals surface area contributed by atoms with Gasteiger partial charge < -0.3 is 14.9 Å². The van der Waals surface area contributed by atoms with Crippen LogP contribution in [0.25, 0.3) is 0 Å². The van der Waals surface area contributed by atoms with Crippen molar-refractivity contribution in [2.45, 2.75) is 65.8 Å². The highest BCUT2D eigenvalue weighted by Gasteiger charge is 2.29. The fourth-order valence-corrected chi connectivity index (χ4v) is 2.86. The third kappa shape index (κ3) is 4.83. The second-order valence-corrected chi connectivity index (χ2v) is 7.77. The van der Waals surface area contributed by atoms with Crippen LogP contribution in [0, 0.1) is 6.92 Å². The third-order valence-corrected chi connectivity index (χ3v) is 4.37. The van der Waals surface area contributed by atoms with E-state index in [2.05, 4.69) is 31.2 Å². The Morgan fingerprint density at radius 3 is 1.68 bits per heavy atom.